The van der Waals surface area contributed by atoms with Crippen molar-refractivity contribution in [3.63, 3.8) is 0 Å². The maximum absolute atomic E-state index is 5.35. The normalized spacial score (nSPS) is 10.7. The first-order valence-corrected chi connectivity index (χ1v) is 7.73. The van der Waals surface area contributed by atoms with E-state index in [1.165, 1.54) is 0 Å². The molecule has 4 nitrogen and oxygen atoms in total. The molecule has 2 rings (SSSR count). The number of hydrogen-bond acceptors (Lipinski definition) is 4. The van der Waals surface area contributed by atoms with E-state index in [1.807, 2.05) is 42.5 Å². The quantitative estimate of drug-likeness (QED) is 0.685. The summed E-state index contributed by atoms with van der Waals surface area (Å²) < 4.78 is 22.1. The largest absolute Gasteiger partial charge is 0.497 e. The van der Waals surface area contributed by atoms with Gasteiger partial charge in [-0.3, -0.25) is 0 Å². The summed E-state index contributed by atoms with van der Waals surface area (Å²) in [6.45, 7) is 0. The van der Waals surface area contributed by atoms with E-state index < -0.39 is 0 Å². The lowest BCUT2D eigenvalue weighted by atomic mass is 10.1. The highest BCUT2D eigenvalue weighted by atomic mass is 79.9. The van der Waals surface area contributed by atoms with Crippen LogP contribution in [0, 0.1) is 0 Å². The first-order chi connectivity index (χ1) is 11.1. The molecule has 0 atom stereocenters. The lowest BCUT2D eigenvalue weighted by Crippen LogP contribution is -1.91. The first-order valence-electron chi connectivity index (χ1n) is 6.94. The summed E-state index contributed by atoms with van der Waals surface area (Å²) in [5, 5.41) is 0. The molecule has 23 heavy (non-hydrogen) atoms. The van der Waals surface area contributed by atoms with Crippen LogP contribution in [-0.4, -0.2) is 28.4 Å². The van der Waals surface area contributed by atoms with E-state index in [2.05, 4.69) is 15.9 Å². The number of methoxy groups -OCH3 is 4. The summed E-state index contributed by atoms with van der Waals surface area (Å²) in [4.78, 5) is 0. The van der Waals surface area contributed by atoms with Gasteiger partial charge in [-0.15, -0.1) is 0 Å². The van der Waals surface area contributed by atoms with Crippen molar-refractivity contribution in [3.8, 4) is 23.0 Å². The zero-order chi connectivity index (χ0) is 16.8. The van der Waals surface area contributed by atoms with Gasteiger partial charge in [0.05, 0.1) is 32.9 Å². The van der Waals surface area contributed by atoms with E-state index in [9.17, 15) is 0 Å². The lowest BCUT2D eigenvalue weighted by Gasteiger charge is -2.10. The molecule has 0 aliphatic rings. The molecular weight excluding hydrogens is 360 g/mol. The van der Waals surface area contributed by atoms with E-state index in [0.717, 1.165) is 27.1 Å². The minimum atomic E-state index is 0.692. The van der Waals surface area contributed by atoms with E-state index in [1.54, 1.807) is 28.4 Å². The van der Waals surface area contributed by atoms with Crippen LogP contribution >= 0.6 is 15.9 Å². The second-order valence-electron chi connectivity index (χ2n) is 4.68. The topological polar surface area (TPSA) is 36.9 Å². The molecular formula is C18H19BrO4. The number of benzene rings is 2. The predicted octanol–water partition coefficient (Wildman–Crippen LogP) is 4.65. The van der Waals surface area contributed by atoms with Gasteiger partial charge in [-0.2, -0.15) is 0 Å². The fourth-order valence-corrected chi connectivity index (χ4v) is 2.65. The van der Waals surface area contributed by atoms with Crippen molar-refractivity contribution in [1.82, 2.24) is 0 Å². The van der Waals surface area contributed by atoms with Crippen molar-refractivity contribution >= 4 is 28.1 Å². The summed E-state index contributed by atoms with van der Waals surface area (Å²) in [5.41, 5.74) is 1.95. The molecule has 0 bridgehead atoms. The van der Waals surface area contributed by atoms with Crippen LogP contribution in [0.1, 0.15) is 11.1 Å². The monoisotopic (exact) mass is 378 g/mol. The Balaban J connectivity index is 2.36. The standard InChI is InChI=1S/C18H19BrO4/c1-20-14-10-13(18(19)17(11-14)23-4)7-5-12-6-8-15(21-2)16(9-12)22-3/h5-11H,1-4H3. The van der Waals surface area contributed by atoms with Crippen LogP contribution in [0.15, 0.2) is 34.8 Å². The molecule has 0 aromatic heterocycles. The summed E-state index contributed by atoms with van der Waals surface area (Å²) >= 11 is 3.55. The minimum Gasteiger partial charge on any atom is -0.497 e. The van der Waals surface area contributed by atoms with Crippen molar-refractivity contribution in [2.45, 2.75) is 0 Å². The predicted molar refractivity (Wildman–Crippen MR) is 95.7 cm³/mol. The third-order valence-corrected chi connectivity index (χ3v) is 4.21. The number of ether oxygens (including phenoxy) is 4. The summed E-state index contributed by atoms with van der Waals surface area (Å²) in [5.74, 6) is 2.85. The van der Waals surface area contributed by atoms with Gasteiger partial charge < -0.3 is 18.9 Å². The summed E-state index contributed by atoms with van der Waals surface area (Å²) in [6, 6.07) is 9.52. The zero-order valence-electron chi connectivity index (χ0n) is 13.6. The Labute approximate surface area is 144 Å². The number of hydrogen-bond donors (Lipinski definition) is 0. The van der Waals surface area contributed by atoms with Gasteiger partial charge in [0.25, 0.3) is 0 Å². The highest BCUT2D eigenvalue weighted by Gasteiger charge is 2.08. The molecule has 0 saturated heterocycles. The van der Waals surface area contributed by atoms with Gasteiger partial charge in [-0.25, -0.2) is 0 Å². The molecule has 0 radical (unpaired) electrons. The highest BCUT2D eigenvalue weighted by Crippen LogP contribution is 2.35. The molecule has 0 N–H and O–H groups in total. The molecule has 0 heterocycles. The van der Waals surface area contributed by atoms with Crippen LogP contribution in [0.4, 0.5) is 0 Å². The summed E-state index contributed by atoms with van der Waals surface area (Å²) in [7, 11) is 6.49. The minimum absolute atomic E-state index is 0.692. The Bertz CT molecular complexity index is 710. The van der Waals surface area contributed by atoms with Gasteiger partial charge in [0, 0.05) is 6.07 Å². The SMILES string of the molecule is COc1cc(C=Cc2ccc(OC)c(OC)c2)c(Br)c(OC)c1. The smallest absolute Gasteiger partial charge is 0.161 e. The van der Waals surface area contributed by atoms with E-state index in [0.29, 0.717) is 11.5 Å². The molecule has 0 aliphatic carbocycles. The third kappa shape index (κ3) is 3.99. The van der Waals surface area contributed by atoms with E-state index in [-0.39, 0.29) is 0 Å². The van der Waals surface area contributed by atoms with Gasteiger partial charge in [-0.05, 0) is 45.3 Å². The van der Waals surface area contributed by atoms with E-state index in [4.69, 9.17) is 18.9 Å². The van der Waals surface area contributed by atoms with Gasteiger partial charge in [-0.1, -0.05) is 18.2 Å². The first kappa shape index (κ1) is 17.2. The number of rotatable bonds is 6. The maximum atomic E-state index is 5.35. The molecule has 0 amide bonds. The van der Waals surface area contributed by atoms with Gasteiger partial charge in [0.15, 0.2) is 11.5 Å². The fourth-order valence-electron chi connectivity index (χ4n) is 2.12. The summed E-state index contributed by atoms with van der Waals surface area (Å²) in [6.07, 6.45) is 3.97. The molecule has 0 fully saturated rings. The maximum Gasteiger partial charge on any atom is 0.161 e. The molecule has 0 aliphatic heterocycles. The Morgan fingerprint density at radius 3 is 2.04 bits per heavy atom. The molecule has 122 valence electrons. The molecule has 2 aromatic rings. The Hall–Kier alpha value is -2.14. The second kappa shape index (κ2) is 7.92. The van der Waals surface area contributed by atoms with Gasteiger partial charge in [0.2, 0.25) is 0 Å². The van der Waals surface area contributed by atoms with Crippen LogP contribution in [0.25, 0.3) is 12.2 Å². The van der Waals surface area contributed by atoms with Crippen molar-refractivity contribution in [2.24, 2.45) is 0 Å². The Morgan fingerprint density at radius 1 is 0.739 bits per heavy atom. The van der Waals surface area contributed by atoms with Crippen LogP contribution in [0.2, 0.25) is 0 Å². The van der Waals surface area contributed by atoms with Gasteiger partial charge in [0.1, 0.15) is 11.5 Å². The Kier molecular flexibility index (Phi) is 5.93. The van der Waals surface area contributed by atoms with Crippen LogP contribution in [-0.2, 0) is 0 Å². The fraction of sp³-hybridized carbons (Fsp3) is 0.222. The zero-order valence-corrected chi connectivity index (χ0v) is 15.1. The molecule has 2 aromatic carbocycles. The van der Waals surface area contributed by atoms with Crippen molar-refractivity contribution in [1.29, 1.82) is 0 Å². The third-order valence-electron chi connectivity index (χ3n) is 3.36. The highest BCUT2D eigenvalue weighted by molar-refractivity contribution is 9.10. The van der Waals surface area contributed by atoms with Gasteiger partial charge >= 0.3 is 0 Å². The van der Waals surface area contributed by atoms with Crippen molar-refractivity contribution in [2.75, 3.05) is 28.4 Å². The second-order valence-corrected chi connectivity index (χ2v) is 5.47. The van der Waals surface area contributed by atoms with Crippen molar-refractivity contribution < 1.29 is 18.9 Å². The average Bonchev–Trinajstić information content (AvgIpc) is 2.60. The Morgan fingerprint density at radius 2 is 1.43 bits per heavy atom. The van der Waals surface area contributed by atoms with Crippen LogP contribution in [0.5, 0.6) is 23.0 Å². The lowest BCUT2D eigenvalue weighted by molar-refractivity contribution is 0.355. The number of halogens is 1. The van der Waals surface area contributed by atoms with Crippen molar-refractivity contribution in [3.05, 3.63) is 45.9 Å². The van der Waals surface area contributed by atoms with E-state index >= 15 is 0 Å². The average molecular weight is 379 g/mol. The molecule has 0 spiro atoms. The van der Waals surface area contributed by atoms with Crippen LogP contribution < -0.4 is 18.9 Å². The molecule has 0 unspecified atom stereocenters. The molecule has 0 saturated carbocycles. The van der Waals surface area contributed by atoms with Crippen LogP contribution in [0.3, 0.4) is 0 Å². The molecule has 5 heteroatoms.